The Balaban J connectivity index is 1.53. The second-order valence-electron chi connectivity index (χ2n) is 10.8. The molecule has 8 heteroatoms. The Bertz CT molecular complexity index is 1110. The van der Waals surface area contributed by atoms with Gasteiger partial charge in [0.1, 0.15) is 16.7 Å². The van der Waals surface area contributed by atoms with Crippen molar-refractivity contribution in [1.29, 1.82) is 0 Å². The molecule has 2 amide bonds. The summed E-state index contributed by atoms with van der Waals surface area (Å²) in [6, 6.07) is 6.68. The lowest BCUT2D eigenvalue weighted by Crippen LogP contribution is -2.55. The third-order valence-electron chi connectivity index (χ3n) is 7.90. The average Bonchev–Trinajstić information content (AvgIpc) is 3.61. The summed E-state index contributed by atoms with van der Waals surface area (Å²) in [5, 5.41) is 8.67. The Morgan fingerprint density at radius 2 is 1.81 bits per heavy atom. The molecule has 2 aromatic rings. The van der Waals surface area contributed by atoms with Crippen molar-refractivity contribution in [2.45, 2.75) is 89.8 Å². The molecule has 200 valence electrons. The number of hydrogen-bond acceptors (Lipinski definition) is 6. The molecule has 0 bridgehead atoms. The van der Waals surface area contributed by atoms with Crippen LogP contribution in [0.15, 0.2) is 29.6 Å². The fourth-order valence-corrected chi connectivity index (χ4v) is 6.40. The average molecular weight is 525 g/mol. The normalized spacial score (nSPS) is 20.1. The van der Waals surface area contributed by atoms with E-state index in [1.54, 1.807) is 14.0 Å². The summed E-state index contributed by atoms with van der Waals surface area (Å²) >= 11 is 1.45. The number of carbonyl (C=O) groups excluding carboxylic acids is 3. The molecular weight excluding hydrogens is 484 g/mol. The molecule has 1 aliphatic heterocycles. The number of benzene rings is 1. The Kier molecular flexibility index (Phi) is 9.13. The van der Waals surface area contributed by atoms with E-state index in [0.29, 0.717) is 23.7 Å². The van der Waals surface area contributed by atoms with Gasteiger partial charge in [0.05, 0.1) is 12.1 Å². The van der Waals surface area contributed by atoms with Crippen molar-refractivity contribution in [2.75, 3.05) is 13.6 Å². The second kappa shape index (κ2) is 12.3. The van der Waals surface area contributed by atoms with Gasteiger partial charge in [-0.05, 0) is 63.1 Å². The van der Waals surface area contributed by atoms with E-state index in [1.807, 2.05) is 34.5 Å². The van der Waals surface area contributed by atoms with Gasteiger partial charge in [-0.2, -0.15) is 0 Å². The summed E-state index contributed by atoms with van der Waals surface area (Å²) < 4.78 is 0. The maximum atomic E-state index is 13.9. The Morgan fingerprint density at radius 1 is 1.05 bits per heavy atom. The van der Waals surface area contributed by atoms with E-state index >= 15 is 0 Å². The van der Waals surface area contributed by atoms with Crippen LogP contribution in [-0.2, 0) is 9.59 Å². The largest absolute Gasteiger partial charge is 0.343 e. The molecule has 1 aromatic carbocycles. The monoisotopic (exact) mass is 524 g/mol. The summed E-state index contributed by atoms with van der Waals surface area (Å²) in [5.74, 6) is 0.239. The smallest absolute Gasteiger partial charge is 0.246 e. The van der Waals surface area contributed by atoms with Crippen LogP contribution in [0, 0.1) is 5.92 Å². The van der Waals surface area contributed by atoms with Crippen LogP contribution in [0.5, 0.6) is 0 Å². The number of thiazole rings is 1. The summed E-state index contributed by atoms with van der Waals surface area (Å²) in [7, 11) is 1.75. The molecule has 0 unspecified atom stereocenters. The van der Waals surface area contributed by atoms with Gasteiger partial charge in [-0.15, -0.1) is 11.3 Å². The number of rotatable bonds is 9. The molecule has 2 N–H and O–H groups in total. The van der Waals surface area contributed by atoms with Crippen LogP contribution < -0.4 is 10.6 Å². The van der Waals surface area contributed by atoms with Crippen LogP contribution in [0.25, 0.3) is 0 Å². The van der Waals surface area contributed by atoms with Crippen molar-refractivity contribution in [3.8, 4) is 0 Å². The minimum Gasteiger partial charge on any atom is -0.343 e. The van der Waals surface area contributed by atoms with Crippen LogP contribution >= 0.6 is 11.3 Å². The molecule has 37 heavy (non-hydrogen) atoms. The fraction of sp³-hybridized carbons (Fsp3) is 0.586. The van der Waals surface area contributed by atoms with Gasteiger partial charge in [0.2, 0.25) is 17.6 Å². The zero-order chi connectivity index (χ0) is 26.5. The minimum atomic E-state index is -0.524. The molecular formula is C29H40N4O3S. The molecule has 0 spiro atoms. The zero-order valence-electron chi connectivity index (χ0n) is 22.5. The predicted molar refractivity (Wildman–Crippen MR) is 147 cm³/mol. The summed E-state index contributed by atoms with van der Waals surface area (Å²) in [4.78, 5) is 46.6. The highest BCUT2D eigenvalue weighted by Crippen LogP contribution is 2.36. The third kappa shape index (κ3) is 6.29. The molecule has 3 atom stereocenters. The number of amides is 2. The van der Waals surface area contributed by atoms with E-state index < -0.39 is 6.04 Å². The summed E-state index contributed by atoms with van der Waals surface area (Å²) in [5.41, 5.74) is 2.19. The SMILES string of the molecule is CN[C@@H](C)C(=O)N[C@H](C(=O)N1CCC[C@H]1c1nc(C(=O)c2cccc(C(C)C)c2)cs1)C1CCCCC1. The van der Waals surface area contributed by atoms with Gasteiger partial charge in [-0.3, -0.25) is 14.4 Å². The molecule has 1 aliphatic carbocycles. The Morgan fingerprint density at radius 3 is 2.51 bits per heavy atom. The molecule has 1 saturated heterocycles. The molecule has 2 aliphatic rings. The maximum Gasteiger partial charge on any atom is 0.246 e. The van der Waals surface area contributed by atoms with Crippen molar-refractivity contribution in [2.24, 2.45) is 5.92 Å². The number of likely N-dealkylation sites (N-methyl/N-ethyl adjacent to an activating group) is 1. The van der Waals surface area contributed by atoms with Gasteiger partial charge < -0.3 is 15.5 Å². The maximum absolute atomic E-state index is 13.9. The van der Waals surface area contributed by atoms with Crippen molar-refractivity contribution >= 4 is 28.9 Å². The van der Waals surface area contributed by atoms with Gasteiger partial charge in [0.25, 0.3) is 0 Å². The second-order valence-corrected chi connectivity index (χ2v) is 11.7. The highest BCUT2D eigenvalue weighted by molar-refractivity contribution is 7.10. The summed E-state index contributed by atoms with van der Waals surface area (Å²) in [6.07, 6.45) is 6.96. The topological polar surface area (TPSA) is 91.4 Å². The number of aromatic nitrogens is 1. The number of ketones is 1. The van der Waals surface area contributed by atoms with Gasteiger partial charge in [-0.1, -0.05) is 51.3 Å². The van der Waals surface area contributed by atoms with Crippen molar-refractivity contribution < 1.29 is 14.4 Å². The van der Waals surface area contributed by atoms with E-state index in [4.69, 9.17) is 4.98 Å². The van der Waals surface area contributed by atoms with Gasteiger partial charge >= 0.3 is 0 Å². The van der Waals surface area contributed by atoms with Crippen LogP contribution in [0.1, 0.15) is 104 Å². The predicted octanol–water partition coefficient (Wildman–Crippen LogP) is 4.83. The van der Waals surface area contributed by atoms with Gasteiger partial charge in [0, 0.05) is 17.5 Å². The van der Waals surface area contributed by atoms with E-state index in [-0.39, 0.29) is 35.6 Å². The fourth-order valence-electron chi connectivity index (χ4n) is 5.46. The molecule has 2 fully saturated rings. The van der Waals surface area contributed by atoms with Crippen LogP contribution in [0.2, 0.25) is 0 Å². The minimum absolute atomic E-state index is 0.0150. The third-order valence-corrected chi connectivity index (χ3v) is 8.85. The molecule has 0 radical (unpaired) electrons. The first kappa shape index (κ1) is 27.5. The number of carbonyl (C=O) groups is 3. The van der Waals surface area contributed by atoms with Gasteiger partial charge in [-0.25, -0.2) is 4.98 Å². The first-order valence-corrected chi connectivity index (χ1v) is 14.6. The zero-order valence-corrected chi connectivity index (χ0v) is 23.3. The van der Waals surface area contributed by atoms with Crippen LogP contribution in [0.4, 0.5) is 0 Å². The van der Waals surface area contributed by atoms with Crippen molar-refractivity contribution in [1.82, 2.24) is 20.5 Å². The first-order valence-electron chi connectivity index (χ1n) is 13.7. The first-order chi connectivity index (χ1) is 17.8. The molecule has 1 saturated carbocycles. The highest BCUT2D eigenvalue weighted by atomic mass is 32.1. The van der Waals surface area contributed by atoms with E-state index in [1.165, 1.54) is 17.8 Å². The standard InChI is InChI=1S/C29H40N4O3S/c1-18(2)21-12-8-13-22(16-21)26(34)23-17-37-28(31-23)24-14-9-15-33(24)29(36)25(20-10-6-5-7-11-20)32-27(35)19(3)30-4/h8,12-13,16-20,24-25,30H,5-7,9-11,14-15H2,1-4H3,(H,32,35)/t19-,24-,25-/m0/s1. The number of likely N-dealkylation sites (tertiary alicyclic amines) is 1. The molecule has 2 heterocycles. The van der Waals surface area contributed by atoms with Crippen LogP contribution in [0.3, 0.4) is 0 Å². The molecule has 4 rings (SSSR count). The lowest BCUT2D eigenvalue weighted by molar-refractivity contribution is -0.139. The summed E-state index contributed by atoms with van der Waals surface area (Å²) in [6.45, 7) is 6.67. The Labute approximate surface area is 224 Å². The lowest BCUT2D eigenvalue weighted by Gasteiger charge is -2.35. The van der Waals surface area contributed by atoms with Gasteiger partial charge in [0.15, 0.2) is 0 Å². The Hall–Kier alpha value is -2.58. The van der Waals surface area contributed by atoms with Crippen molar-refractivity contribution in [3.63, 3.8) is 0 Å². The number of nitrogens with zero attached hydrogens (tertiary/aromatic N) is 2. The number of hydrogen-bond donors (Lipinski definition) is 2. The van der Waals surface area contributed by atoms with Crippen LogP contribution in [-0.4, -0.2) is 53.2 Å². The van der Waals surface area contributed by atoms with E-state index in [2.05, 4.69) is 24.5 Å². The van der Waals surface area contributed by atoms with E-state index in [0.717, 1.165) is 49.1 Å². The number of nitrogens with one attached hydrogen (secondary N) is 2. The quantitative estimate of drug-likeness (QED) is 0.459. The highest BCUT2D eigenvalue weighted by Gasteiger charge is 2.40. The molecule has 1 aromatic heterocycles. The lowest BCUT2D eigenvalue weighted by atomic mass is 9.83. The molecule has 7 nitrogen and oxygen atoms in total. The van der Waals surface area contributed by atoms with Crippen molar-refractivity contribution in [3.05, 3.63) is 51.5 Å². The van der Waals surface area contributed by atoms with E-state index in [9.17, 15) is 14.4 Å².